The van der Waals surface area contributed by atoms with E-state index in [1.54, 1.807) is 0 Å². The molecule has 2 rings (SSSR count). The fraction of sp³-hybridized carbons (Fsp3) is 0.786. The lowest BCUT2D eigenvalue weighted by molar-refractivity contribution is -0.0120. The summed E-state index contributed by atoms with van der Waals surface area (Å²) in [7, 11) is 0. The molecule has 2 N–H and O–H groups in total. The van der Waals surface area contributed by atoms with Crippen molar-refractivity contribution in [2.45, 2.75) is 58.2 Å². The molecule has 102 valence electrons. The Balaban J connectivity index is 1.81. The molecule has 4 heteroatoms. The van der Waals surface area contributed by atoms with Gasteiger partial charge < -0.3 is 10.4 Å². The highest BCUT2D eigenvalue weighted by molar-refractivity contribution is 5.00. The fourth-order valence-corrected chi connectivity index (χ4v) is 3.01. The Labute approximate surface area is 109 Å². The molecule has 0 bridgehead atoms. The molecule has 1 aromatic heterocycles. The van der Waals surface area contributed by atoms with Crippen molar-refractivity contribution < 1.29 is 5.11 Å². The summed E-state index contributed by atoms with van der Waals surface area (Å²) in [5, 5.41) is 18.1. The van der Waals surface area contributed by atoms with Crippen LogP contribution in [0.1, 0.15) is 45.2 Å². The summed E-state index contributed by atoms with van der Waals surface area (Å²) in [6.45, 7) is 6.69. The lowest BCUT2D eigenvalue weighted by Crippen LogP contribution is -2.44. The number of hydrogen-bond donors (Lipinski definition) is 2. The first kappa shape index (κ1) is 13.6. The molecule has 0 aliphatic heterocycles. The normalized spacial score (nSPS) is 28.5. The van der Waals surface area contributed by atoms with Crippen LogP contribution in [0.4, 0.5) is 0 Å². The Morgan fingerprint density at radius 3 is 3.17 bits per heavy atom. The third kappa shape index (κ3) is 3.33. The predicted octanol–water partition coefficient (Wildman–Crippen LogP) is 1.93. The van der Waals surface area contributed by atoms with Crippen LogP contribution in [-0.2, 0) is 13.1 Å². The molecule has 0 spiro atoms. The summed E-state index contributed by atoms with van der Waals surface area (Å²) in [4.78, 5) is 0. The van der Waals surface area contributed by atoms with Gasteiger partial charge in [0.2, 0.25) is 0 Å². The molecule has 0 radical (unpaired) electrons. The smallest absolute Gasteiger partial charge is 0.0774 e. The summed E-state index contributed by atoms with van der Waals surface area (Å²) >= 11 is 0. The second kappa shape index (κ2) is 5.85. The van der Waals surface area contributed by atoms with E-state index in [0.717, 1.165) is 32.4 Å². The van der Waals surface area contributed by atoms with Crippen molar-refractivity contribution in [1.29, 1.82) is 0 Å². The van der Waals surface area contributed by atoms with Gasteiger partial charge in [-0.05, 0) is 31.7 Å². The predicted molar refractivity (Wildman–Crippen MR) is 72.2 cm³/mol. The van der Waals surface area contributed by atoms with Gasteiger partial charge in [0.25, 0.3) is 0 Å². The number of aliphatic hydroxyl groups is 1. The van der Waals surface area contributed by atoms with Gasteiger partial charge in [-0.1, -0.05) is 19.8 Å². The zero-order valence-electron chi connectivity index (χ0n) is 11.5. The highest BCUT2D eigenvalue weighted by atomic mass is 16.3. The van der Waals surface area contributed by atoms with E-state index in [1.165, 1.54) is 12.1 Å². The maximum absolute atomic E-state index is 10.5. The van der Waals surface area contributed by atoms with Gasteiger partial charge in [0.05, 0.1) is 11.3 Å². The lowest BCUT2D eigenvalue weighted by atomic mass is 9.79. The quantitative estimate of drug-likeness (QED) is 0.841. The summed E-state index contributed by atoms with van der Waals surface area (Å²) in [6.07, 6.45) is 6.08. The monoisotopic (exact) mass is 251 g/mol. The van der Waals surface area contributed by atoms with Crippen molar-refractivity contribution >= 4 is 0 Å². The third-order valence-corrected chi connectivity index (χ3v) is 3.93. The van der Waals surface area contributed by atoms with Crippen LogP contribution in [0.15, 0.2) is 12.3 Å². The van der Waals surface area contributed by atoms with Crippen molar-refractivity contribution in [2.24, 2.45) is 5.92 Å². The number of hydrogen-bond acceptors (Lipinski definition) is 3. The molecule has 1 aliphatic carbocycles. The molecule has 1 heterocycles. The molecule has 1 fully saturated rings. The van der Waals surface area contributed by atoms with Crippen LogP contribution in [0.5, 0.6) is 0 Å². The average Bonchev–Trinajstić information content (AvgIpc) is 2.76. The van der Waals surface area contributed by atoms with Crippen molar-refractivity contribution in [1.82, 2.24) is 15.1 Å². The van der Waals surface area contributed by atoms with Gasteiger partial charge in [-0.25, -0.2) is 0 Å². The molecular weight excluding hydrogens is 226 g/mol. The number of aromatic nitrogens is 2. The van der Waals surface area contributed by atoms with Gasteiger partial charge in [0, 0.05) is 25.8 Å². The Morgan fingerprint density at radius 2 is 2.44 bits per heavy atom. The van der Waals surface area contributed by atoms with Crippen LogP contribution < -0.4 is 5.32 Å². The van der Waals surface area contributed by atoms with E-state index in [9.17, 15) is 5.11 Å². The van der Waals surface area contributed by atoms with Crippen LogP contribution in [0.2, 0.25) is 0 Å². The molecule has 1 saturated carbocycles. The van der Waals surface area contributed by atoms with Crippen molar-refractivity contribution in [2.75, 3.05) is 6.54 Å². The Hall–Kier alpha value is -0.870. The molecule has 0 aromatic carbocycles. The van der Waals surface area contributed by atoms with E-state index >= 15 is 0 Å². The third-order valence-electron chi connectivity index (χ3n) is 3.93. The second-order valence-corrected chi connectivity index (χ2v) is 5.67. The zero-order chi connectivity index (χ0) is 13.0. The topological polar surface area (TPSA) is 50.1 Å². The lowest BCUT2D eigenvalue weighted by Gasteiger charge is -2.35. The Morgan fingerprint density at radius 1 is 1.61 bits per heavy atom. The second-order valence-electron chi connectivity index (χ2n) is 5.67. The maximum atomic E-state index is 10.5. The first-order chi connectivity index (χ1) is 8.63. The molecule has 4 nitrogen and oxygen atoms in total. The minimum atomic E-state index is -0.505. The largest absolute Gasteiger partial charge is 0.389 e. The van der Waals surface area contributed by atoms with Gasteiger partial charge in [0.1, 0.15) is 0 Å². The van der Waals surface area contributed by atoms with Gasteiger partial charge >= 0.3 is 0 Å². The molecule has 2 atom stereocenters. The number of rotatable bonds is 5. The van der Waals surface area contributed by atoms with Crippen LogP contribution >= 0.6 is 0 Å². The molecule has 0 saturated heterocycles. The van der Waals surface area contributed by atoms with E-state index in [4.69, 9.17) is 0 Å². The van der Waals surface area contributed by atoms with Crippen LogP contribution in [-0.4, -0.2) is 27.0 Å². The number of nitrogens with zero attached hydrogens (tertiary/aromatic N) is 2. The highest BCUT2D eigenvalue weighted by Gasteiger charge is 2.31. The van der Waals surface area contributed by atoms with Gasteiger partial charge in [-0.15, -0.1) is 0 Å². The van der Waals surface area contributed by atoms with Crippen molar-refractivity contribution in [3.8, 4) is 0 Å². The first-order valence-electron chi connectivity index (χ1n) is 7.07. The average molecular weight is 251 g/mol. The zero-order valence-corrected chi connectivity index (χ0v) is 11.5. The van der Waals surface area contributed by atoms with Crippen molar-refractivity contribution in [3.05, 3.63) is 18.0 Å². The van der Waals surface area contributed by atoms with E-state index < -0.39 is 5.60 Å². The summed E-state index contributed by atoms with van der Waals surface area (Å²) in [5.74, 6) is 0.645. The number of aryl methyl sites for hydroxylation is 1. The van der Waals surface area contributed by atoms with Gasteiger partial charge in [-0.3, -0.25) is 4.68 Å². The Kier molecular flexibility index (Phi) is 4.40. The minimum Gasteiger partial charge on any atom is -0.389 e. The van der Waals surface area contributed by atoms with E-state index in [1.807, 2.05) is 16.9 Å². The van der Waals surface area contributed by atoms with Crippen LogP contribution in [0, 0.1) is 5.92 Å². The highest BCUT2D eigenvalue weighted by Crippen LogP contribution is 2.31. The first-order valence-corrected chi connectivity index (χ1v) is 7.07. The van der Waals surface area contributed by atoms with Crippen LogP contribution in [0.25, 0.3) is 0 Å². The molecular formula is C14H25N3O. The molecule has 0 amide bonds. The van der Waals surface area contributed by atoms with Gasteiger partial charge in [-0.2, -0.15) is 5.10 Å². The molecule has 1 aliphatic rings. The van der Waals surface area contributed by atoms with E-state index in [0.29, 0.717) is 12.5 Å². The number of nitrogens with one attached hydrogen (secondary N) is 1. The van der Waals surface area contributed by atoms with E-state index in [2.05, 4.69) is 24.3 Å². The summed E-state index contributed by atoms with van der Waals surface area (Å²) in [6, 6.07) is 2.03. The molecule has 18 heavy (non-hydrogen) atoms. The SMILES string of the molecule is CCn1nccc1CNCC1(O)CCCC(C)C1. The standard InChI is InChI=1S/C14H25N3O/c1-3-17-13(6-8-16-17)10-15-11-14(18)7-4-5-12(2)9-14/h6,8,12,15,18H,3-5,7,9-11H2,1-2H3. The summed E-state index contributed by atoms with van der Waals surface area (Å²) < 4.78 is 1.99. The maximum Gasteiger partial charge on any atom is 0.0774 e. The Bertz CT molecular complexity index is 377. The molecule has 2 unspecified atom stereocenters. The van der Waals surface area contributed by atoms with Crippen LogP contribution in [0.3, 0.4) is 0 Å². The van der Waals surface area contributed by atoms with Crippen molar-refractivity contribution in [3.63, 3.8) is 0 Å². The minimum absolute atomic E-state index is 0.505. The summed E-state index contributed by atoms with van der Waals surface area (Å²) in [5.41, 5.74) is 0.680. The molecule has 1 aromatic rings. The van der Waals surface area contributed by atoms with Gasteiger partial charge in [0.15, 0.2) is 0 Å². The van der Waals surface area contributed by atoms with E-state index in [-0.39, 0.29) is 0 Å². The fourth-order valence-electron chi connectivity index (χ4n) is 3.01.